The highest BCUT2D eigenvalue weighted by molar-refractivity contribution is 7.92. The Morgan fingerprint density at radius 1 is 1.22 bits per heavy atom. The van der Waals surface area contributed by atoms with E-state index in [1.807, 2.05) is 12.1 Å². The van der Waals surface area contributed by atoms with Gasteiger partial charge in [0.25, 0.3) is 0 Å². The molecule has 0 saturated carbocycles. The van der Waals surface area contributed by atoms with Crippen LogP contribution in [0.25, 0.3) is 0 Å². The predicted molar refractivity (Wildman–Crippen MR) is 101 cm³/mol. The molecule has 0 atom stereocenters. The number of anilines is 3. The second kappa shape index (κ2) is 7.88. The van der Waals surface area contributed by atoms with Gasteiger partial charge in [0.05, 0.1) is 18.5 Å². The summed E-state index contributed by atoms with van der Waals surface area (Å²) in [6.07, 6.45) is 0.974. The summed E-state index contributed by atoms with van der Waals surface area (Å²) >= 11 is 0.885. The van der Waals surface area contributed by atoms with E-state index in [-0.39, 0.29) is 29.0 Å². The zero-order valence-electron chi connectivity index (χ0n) is 14.3. The molecule has 10 nitrogen and oxygen atoms in total. The number of hydrogen-bond acceptors (Lipinski definition) is 8. The molecule has 0 aliphatic carbocycles. The van der Waals surface area contributed by atoms with E-state index in [0.717, 1.165) is 17.6 Å². The number of carbonyl (C=O) groups is 2. The highest BCUT2D eigenvalue weighted by atomic mass is 32.2. The Hall–Kier alpha value is -2.73. The molecule has 144 valence electrons. The number of nitrogens with one attached hydrogen (secondary N) is 2. The number of amides is 2. The number of para-hydroxylation sites is 2. The molecule has 2 heterocycles. The highest BCUT2D eigenvalue weighted by Crippen LogP contribution is 2.31. The van der Waals surface area contributed by atoms with Crippen molar-refractivity contribution in [2.75, 3.05) is 34.3 Å². The van der Waals surface area contributed by atoms with E-state index in [1.54, 1.807) is 17.0 Å². The van der Waals surface area contributed by atoms with Crippen LogP contribution in [-0.2, 0) is 19.6 Å². The van der Waals surface area contributed by atoms with Gasteiger partial charge in [-0.05, 0) is 12.1 Å². The standard InChI is InChI=1S/C15H17N5O5S2/c1-27(23,24)19-15-18-17-14(26-15)16-12(21)6-7-13(22)20-8-9-25-11-5-3-2-4-10(11)20/h2-5H,6-9H2,1H3,(H,18,19)(H,16,17,21). The molecule has 0 bridgehead atoms. The van der Waals surface area contributed by atoms with Gasteiger partial charge in [-0.15, -0.1) is 10.2 Å². The van der Waals surface area contributed by atoms with Crippen LogP contribution in [0.5, 0.6) is 5.75 Å². The van der Waals surface area contributed by atoms with Gasteiger partial charge in [-0.25, -0.2) is 8.42 Å². The molecule has 12 heteroatoms. The van der Waals surface area contributed by atoms with Crippen molar-refractivity contribution >= 4 is 49.1 Å². The quantitative estimate of drug-likeness (QED) is 0.726. The molecule has 27 heavy (non-hydrogen) atoms. The van der Waals surface area contributed by atoms with Crippen LogP contribution in [0, 0.1) is 0 Å². The second-order valence-electron chi connectivity index (χ2n) is 5.70. The average molecular weight is 411 g/mol. The lowest BCUT2D eigenvalue weighted by molar-refractivity contribution is -0.122. The number of hydrogen-bond donors (Lipinski definition) is 2. The van der Waals surface area contributed by atoms with Crippen molar-refractivity contribution in [1.82, 2.24) is 10.2 Å². The molecule has 0 spiro atoms. The Bertz CT molecular complexity index is 959. The van der Waals surface area contributed by atoms with E-state index in [1.165, 1.54) is 0 Å². The minimum Gasteiger partial charge on any atom is -0.490 e. The lowest BCUT2D eigenvalue weighted by Crippen LogP contribution is -2.38. The predicted octanol–water partition coefficient (Wildman–Crippen LogP) is 1.05. The smallest absolute Gasteiger partial charge is 0.231 e. The molecule has 0 saturated heterocycles. The fourth-order valence-corrected chi connectivity index (χ4v) is 3.93. The third-order valence-corrected chi connectivity index (χ3v) is 4.99. The van der Waals surface area contributed by atoms with Gasteiger partial charge < -0.3 is 15.0 Å². The minimum absolute atomic E-state index is 0.0212. The van der Waals surface area contributed by atoms with Crippen LogP contribution in [0.3, 0.4) is 0 Å². The summed E-state index contributed by atoms with van der Waals surface area (Å²) in [5.41, 5.74) is 0.690. The van der Waals surface area contributed by atoms with Gasteiger partial charge in [0.1, 0.15) is 12.4 Å². The molecule has 0 unspecified atom stereocenters. The number of rotatable bonds is 6. The molecule has 3 rings (SSSR count). The summed E-state index contributed by atoms with van der Waals surface area (Å²) in [6.45, 7) is 0.824. The maximum absolute atomic E-state index is 12.5. The first-order valence-corrected chi connectivity index (χ1v) is 10.7. The van der Waals surface area contributed by atoms with Crippen LogP contribution < -0.4 is 19.7 Å². The Morgan fingerprint density at radius 2 is 1.96 bits per heavy atom. The van der Waals surface area contributed by atoms with Gasteiger partial charge in [-0.3, -0.25) is 14.3 Å². The van der Waals surface area contributed by atoms with E-state index >= 15 is 0 Å². The summed E-state index contributed by atoms with van der Waals surface area (Å²) in [6, 6.07) is 7.23. The molecule has 1 aromatic carbocycles. The first-order valence-electron chi connectivity index (χ1n) is 7.95. The number of nitrogens with zero attached hydrogens (tertiary/aromatic N) is 3. The topological polar surface area (TPSA) is 131 Å². The van der Waals surface area contributed by atoms with Gasteiger partial charge in [0.15, 0.2) is 0 Å². The fraction of sp³-hybridized carbons (Fsp3) is 0.333. The third-order valence-electron chi connectivity index (χ3n) is 3.54. The van der Waals surface area contributed by atoms with Crippen molar-refractivity contribution in [2.45, 2.75) is 12.8 Å². The van der Waals surface area contributed by atoms with Crippen LogP contribution in [0.4, 0.5) is 16.0 Å². The van der Waals surface area contributed by atoms with Crippen LogP contribution in [0.1, 0.15) is 12.8 Å². The van der Waals surface area contributed by atoms with Crippen molar-refractivity contribution in [2.24, 2.45) is 0 Å². The molecule has 2 aromatic rings. The summed E-state index contributed by atoms with van der Waals surface area (Å²) in [7, 11) is -3.47. The molecule has 1 aliphatic heterocycles. The maximum Gasteiger partial charge on any atom is 0.231 e. The minimum atomic E-state index is -3.47. The normalized spacial score (nSPS) is 13.4. The molecule has 1 aromatic heterocycles. The summed E-state index contributed by atoms with van der Waals surface area (Å²) in [5, 5.41) is 10.0. The van der Waals surface area contributed by atoms with Crippen LogP contribution in [0.2, 0.25) is 0 Å². The number of aromatic nitrogens is 2. The maximum atomic E-state index is 12.5. The van der Waals surface area contributed by atoms with Crippen molar-refractivity contribution in [1.29, 1.82) is 0 Å². The molecule has 0 fully saturated rings. The Morgan fingerprint density at radius 3 is 2.74 bits per heavy atom. The van der Waals surface area contributed by atoms with Crippen molar-refractivity contribution in [3.05, 3.63) is 24.3 Å². The number of sulfonamides is 1. The number of ether oxygens (including phenoxy) is 1. The van der Waals surface area contributed by atoms with Crippen molar-refractivity contribution in [3.63, 3.8) is 0 Å². The van der Waals surface area contributed by atoms with Gasteiger partial charge in [-0.1, -0.05) is 23.5 Å². The Balaban J connectivity index is 1.53. The third kappa shape index (κ3) is 5.14. The van der Waals surface area contributed by atoms with Crippen molar-refractivity contribution < 1.29 is 22.7 Å². The molecule has 1 aliphatic rings. The largest absolute Gasteiger partial charge is 0.490 e. The van der Waals surface area contributed by atoms with Gasteiger partial charge in [0.2, 0.25) is 32.1 Å². The zero-order valence-corrected chi connectivity index (χ0v) is 16.0. The molecular formula is C15H17N5O5S2. The first kappa shape index (κ1) is 19.0. The summed E-state index contributed by atoms with van der Waals surface area (Å²) in [5.74, 6) is 0.0471. The van der Waals surface area contributed by atoms with E-state index < -0.39 is 15.9 Å². The van der Waals surface area contributed by atoms with Gasteiger partial charge >= 0.3 is 0 Å². The van der Waals surface area contributed by atoms with Gasteiger partial charge in [-0.2, -0.15) is 0 Å². The molecule has 2 N–H and O–H groups in total. The summed E-state index contributed by atoms with van der Waals surface area (Å²) in [4.78, 5) is 26.1. The number of fused-ring (bicyclic) bond motifs is 1. The number of carbonyl (C=O) groups excluding carboxylic acids is 2. The second-order valence-corrected chi connectivity index (χ2v) is 8.42. The average Bonchev–Trinajstić information content (AvgIpc) is 3.04. The monoisotopic (exact) mass is 411 g/mol. The van der Waals surface area contributed by atoms with Crippen LogP contribution in [0.15, 0.2) is 24.3 Å². The van der Waals surface area contributed by atoms with E-state index in [0.29, 0.717) is 24.6 Å². The van der Waals surface area contributed by atoms with E-state index in [4.69, 9.17) is 4.74 Å². The lowest BCUT2D eigenvalue weighted by Gasteiger charge is -2.29. The first-order chi connectivity index (χ1) is 12.8. The fourth-order valence-electron chi connectivity index (χ4n) is 2.44. The number of benzene rings is 1. The van der Waals surface area contributed by atoms with Gasteiger partial charge in [0, 0.05) is 12.8 Å². The molecule has 0 radical (unpaired) electrons. The van der Waals surface area contributed by atoms with Crippen LogP contribution in [-0.4, -0.2) is 49.8 Å². The SMILES string of the molecule is CS(=O)(=O)Nc1nnc(NC(=O)CCC(=O)N2CCOc3ccccc32)s1. The lowest BCUT2D eigenvalue weighted by atomic mass is 10.2. The molecular weight excluding hydrogens is 394 g/mol. The van der Waals surface area contributed by atoms with Crippen molar-refractivity contribution in [3.8, 4) is 5.75 Å². The van der Waals surface area contributed by atoms with E-state index in [9.17, 15) is 18.0 Å². The zero-order chi connectivity index (χ0) is 19.4. The van der Waals surface area contributed by atoms with Crippen LogP contribution >= 0.6 is 11.3 Å². The van der Waals surface area contributed by atoms with E-state index in [2.05, 4.69) is 20.2 Å². The highest BCUT2D eigenvalue weighted by Gasteiger charge is 2.23. The summed E-state index contributed by atoms with van der Waals surface area (Å²) < 4.78 is 30.0. The Labute approximate surface area is 159 Å². The molecule has 2 amide bonds. The Kier molecular flexibility index (Phi) is 5.56.